The fraction of sp³-hybridized carbons (Fsp3) is 0.0256. The highest BCUT2D eigenvalue weighted by atomic mass is 19.2. The topological polar surface area (TPSA) is 119 Å². The second-order valence-corrected chi connectivity index (χ2v) is 13.5. The summed E-state index contributed by atoms with van der Waals surface area (Å²) >= 11 is 0. The van der Waals surface area contributed by atoms with Crippen LogP contribution in [0.5, 0.6) is 5.75 Å². The van der Waals surface area contributed by atoms with Crippen molar-refractivity contribution in [1.29, 1.82) is 0 Å². The molecule has 2 N–H and O–H groups in total. The maximum absolute atomic E-state index is 16.6. The average molecular weight is 906 g/mol. The second-order valence-electron chi connectivity index (χ2n) is 13.5. The van der Waals surface area contributed by atoms with Gasteiger partial charge >= 0.3 is 0 Å². The lowest BCUT2D eigenvalue weighted by atomic mass is 10.1. The Kier molecular flexibility index (Phi) is 8.62. The zero-order valence-corrected chi connectivity index (χ0v) is 30.6. The van der Waals surface area contributed by atoms with Crippen LogP contribution in [-0.4, -0.2) is 46.8 Å². The van der Waals surface area contributed by atoms with Gasteiger partial charge in [-0.15, -0.1) is 4.79 Å². The number of para-hydroxylation sites is 2. The largest absolute Gasteiger partial charge is 0.495 e. The van der Waals surface area contributed by atoms with Crippen LogP contribution >= 0.6 is 0 Å². The molecule has 322 valence electrons. The molecule has 64 heavy (non-hydrogen) atoms. The lowest BCUT2D eigenvalue weighted by molar-refractivity contribution is 0.398. The SMILES string of the molecule is COc1ccccc1Nc1c(F)c(F)c(F)c2c3nc4nc(nc5c6c(F)c(F)c(F)c(F)c6c(nc6nc(nc([nH]3)c12)-c1c(F)c(F)c(F)c(F)c1-6)n5F)-c1c-4cc(F)c(F)c1F. The smallest absolute Gasteiger partial charge is 0.198 e. The Balaban J connectivity index is 1.50. The summed E-state index contributed by atoms with van der Waals surface area (Å²) in [7, 11) is 1.17. The Bertz CT molecular complexity index is 3670. The minimum atomic E-state index is -2.62. The predicted octanol–water partition coefficient (Wildman–Crippen LogP) is 10.8. The van der Waals surface area contributed by atoms with E-state index in [1.165, 1.54) is 31.4 Å². The maximum atomic E-state index is 16.6. The molecular formula is C39H10F15N9O. The fourth-order valence-electron chi connectivity index (χ4n) is 7.28. The van der Waals surface area contributed by atoms with Crippen LogP contribution in [0.1, 0.15) is 0 Å². The molecule has 2 aliphatic heterocycles. The van der Waals surface area contributed by atoms with Crippen LogP contribution in [0.3, 0.4) is 0 Å². The van der Waals surface area contributed by atoms with Gasteiger partial charge in [0.1, 0.15) is 17.0 Å². The third kappa shape index (κ3) is 5.31. The molecule has 25 heteroatoms. The lowest BCUT2D eigenvalue weighted by Gasteiger charge is -2.13. The zero-order valence-electron chi connectivity index (χ0n) is 30.6. The molecule has 0 unspecified atom stereocenters. The van der Waals surface area contributed by atoms with E-state index in [4.69, 9.17) is 4.74 Å². The van der Waals surface area contributed by atoms with E-state index in [2.05, 4.69) is 40.2 Å². The average Bonchev–Trinajstić information content (AvgIpc) is 4.00. The van der Waals surface area contributed by atoms with Gasteiger partial charge in [0.05, 0.1) is 56.7 Å². The minimum Gasteiger partial charge on any atom is -0.495 e. The summed E-state index contributed by atoms with van der Waals surface area (Å²) in [6, 6.07) is 5.66. The molecule has 8 bridgehead atoms. The molecule has 5 aromatic carbocycles. The molecule has 2 aliphatic rings. The number of nitrogens with one attached hydrogen (secondary N) is 2. The van der Waals surface area contributed by atoms with E-state index in [9.17, 15) is 26.3 Å². The van der Waals surface area contributed by atoms with Crippen molar-refractivity contribution >= 4 is 55.5 Å². The minimum absolute atomic E-state index is 0.0404. The molecule has 3 aromatic heterocycles. The molecule has 8 aromatic rings. The molecule has 10 nitrogen and oxygen atoms in total. The Morgan fingerprint density at radius 3 is 1.56 bits per heavy atom. The molecule has 0 radical (unpaired) electrons. The third-order valence-corrected chi connectivity index (χ3v) is 10.1. The number of H-pyrrole nitrogens is 1. The molecule has 0 amide bonds. The summed E-state index contributed by atoms with van der Waals surface area (Å²) in [4.78, 5) is 23.8. The molecule has 10 rings (SSSR count). The Hall–Kier alpha value is -7.99. The molecule has 0 atom stereocenters. The Labute approximate surface area is 341 Å². The lowest BCUT2D eigenvalue weighted by Crippen LogP contribution is -2.02. The van der Waals surface area contributed by atoms with E-state index in [1.807, 2.05) is 0 Å². The Morgan fingerprint density at radius 2 is 0.953 bits per heavy atom. The number of ether oxygens (including phenoxy) is 1. The van der Waals surface area contributed by atoms with E-state index in [0.717, 1.165) is 0 Å². The molecule has 5 heterocycles. The van der Waals surface area contributed by atoms with Gasteiger partial charge in [0.2, 0.25) is 0 Å². The summed E-state index contributed by atoms with van der Waals surface area (Å²) in [5, 5.41) is -2.94. The summed E-state index contributed by atoms with van der Waals surface area (Å²) in [5.74, 6) is -37.7. The molecule has 0 saturated carbocycles. The highest BCUT2D eigenvalue weighted by Gasteiger charge is 2.37. The van der Waals surface area contributed by atoms with Gasteiger partial charge in [0.25, 0.3) is 0 Å². The van der Waals surface area contributed by atoms with Gasteiger partial charge in [0.15, 0.2) is 116 Å². The van der Waals surface area contributed by atoms with Gasteiger partial charge in [-0.3, -0.25) is 0 Å². The van der Waals surface area contributed by atoms with Crippen molar-refractivity contribution in [2.24, 2.45) is 0 Å². The van der Waals surface area contributed by atoms with Crippen molar-refractivity contribution in [2.75, 3.05) is 12.4 Å². The summed E-state index contributed by atoms with van der Waals surface area (Å²) < 4.78 is 237. The van der Waals surface area contributed by atoms with Gasteiger partial charge in [-0.1, -0.05) is 16.6 Å². The number of aromatic nitrogens is 8. The molecule has 0 fully saturated rings. The number of hydrogen-bond acceptors (Lipinski definition) is 8. The van der Waals surface area contributed by atoms with Gasteiger partial charge in [-0.25, -0.2) is 91.4 Å². The number of anilines is 2. The number of benzene rings is 5. The predicted molar refractivity (Wildman–Crippen MR) is 192 cm³/mol. The van der Waals surface area contributed by atoms with E-state index in [-0.39, 0.29) is 17.5 Å². The summed E-state index contributed by atoms with van der Waals surface area (Å²) in [6.07, 6.45) is 0. The first-order valence-corrected chi connectivity index (χ1v) is 17.5. The number of hydrogen-bond donors (Lipinski definition) is 2. The van der Waals surface area contributed by atoms with Crippen LogP contribution in [0.15, 0.2) is 30.3 Å². The number of nitrogens with zero attached hydrogens (tertiary/aromatic N) is 7. The van der Waals surface area contributed by atoms with Crippen molar-refractivity contribution < 1.29 is 70.7 Å². The van der Waals surface area contributed by atoms with Crippen LogP contribution in [0.2, 0.25) is 0 Å². The first kappa shape index (κ1) is 40.1. The van der Waals surface area contributed by atoms with Crippen LogP contribution in [0, 0.1) is 81.4 Å². The van der Waals surface area contributed by atoms with Crippen molar-refractivity contribution in [1.82, 2.24) is 39.7 Å². The van der Waals surface area contributed by atoms with Gasteiger partial charge < -0.3 is 15.0 Å². The zero-order chi connectivity index (χ0) is 45.5. The maximum Gasteiger partial charge on any atom is 0.198 e. The first-order chi connectivity index (χ1) is 30.4. The molecule has 0 saturated heterocycles. The molecule has 0 spiro atoms. The van der Waals surface area contributed by atoms with E-state index < -0.39 is 182 Å². The number of methoxy groups -OCH3 is 1. The third-order valence-electron chi connectivity index (χ3n) is 10.1. The van der Waals surface area contributed by atoms with Crippen LogP contribution in [-0.2, 0) is 0 Å². The van der Waals surface area contributed by atoms with E-state index in [0.29, 0.717) is 0 Å². The standard InChI is InChI=1S/C39H10F15N9O/c1-64-10-5-3-2-4-9(10)55-31-17-14(22(45)29(52)30(31)53)35-57-32-7-6-8(40)18(41)19(42)11(7)33(56-32)61-38-15-16(24(47)28(51)27(50)23(15)46)39(63(38)54)62-36-13-12(34(58-36)59-37(17)60-35)20(43)25(48)26(49)21(13)44/h2-6,55H,1H3,(H,56,57,58,59,60,61,62). The van der Waals surface area contributed by atoms with E-state index in [1.54, 1.807) is 0 Å². The quantitative estimate of drug-likeness (QED) is 0.102. The summed E-state index contributed by atoms with van der Waals surface area (Å²) in [5.41, 5.74) is -11.9. The summed E-state index contributed by atoms with van der Waals surface area (Å²) in [6.45, 7) is 0. The number of aromatic amines is 1. The van der Waals surface area contributed by atoms with Crippen LogP contribution in [0.25, 0.3) is 89.7 Å². The van der Waals surface area contributed by atoms with Crippen molar-refractivity contribution in [3.05, 3.63) is 112 Å². The van der Waals surface area contributed by atoms with Crippen molar-refractivity contribution in [3.8, 4) is 51.3 Å². The van der Waals surface area contributed by atoms with Crippen molar-refractivity contribution in [2.45, 2.75) is 0 Å². The van der Waals surface area contributed by atoms with Gasteiger partial charge in [0, 0.05) is 5.56 Å². The first-order valence-electron chi connectivity index (χ1n) is 17.5. The number of fused-ring (bicyclic) bond motifs is 20. The highest BCUT2D eigenvalue weighted by molar-refractivity contribution is 6.13. The van der Waals surface area contributed by atoms with Crippen LogP contribution < -0.4 is 10.1 Å². The monoisotopic (exact) mass is 905 g/mol. The van der Waals surface area contributed by atoms with Crippen LogP contribution in [0.4, 0.5) is 77.3 Å². The Morgan fingerprint density at radius 1 is 0.484 bits per heavy atom. The normalized spacial score (nSPS) is 12.1. The number of halogens is 15. The highest BCUT2D eigenvalue weighted by Crippen LogP contribution is 2.45. The molecule has 0 aliphatic carbocycles. The molecular weight excluding hydrogens is 895 g/mol. The van der Waals surface area contributed by atoms with Gasteiger partial charge in [-0.2, -0.15) is 0 Å². The van der Waals surface area contributed by atoms with Crippen molar-refractivity contribution in [3.63, 3.8) is 0 Å². The fourth-order valence-corrected chi connectivity index (χ4v) is 7.28. The second kappa shape index (κ2) is 13.8. The number of rotatable bonds is 3. The van der Waals surface area contributed by atoms with Gasteiger partial charge in [-0.05, 0) is 18.2 Å². The van der Waals surface area contributed by atoms with E-state index >= 15 is 39.6 Å².